The van der Waals surface area contributed by atoms with Crippen molar-refractivity contribution in [2.24, 2.45) is 0 Å². The lowest BCUT2D eigenvalue weighted by Crippen LogP contribution is -2.26. The normalized spacial score (nSPS) is 14.4. The molecule has 1 aliphatic heterocycles. The van der Waals surface area contributed by atoms with Crippen LogP contribution >= 0.6 is 15.9 Å². The number of para-hydroxylation sites is 1. The quantitative estimate of drug-likeness (QED) is 0.871. The molecule has 2 heterocycles. The van der Waals surface area contributed by atoms with E-state index in [0.717, 1.165) is 34.7 Å². The number of hydrogen-bond acceptors (Lipinski definition) is 4. The molecule has 3 rings (SSSR count). The highest BCUT2D eigenvalue weighted by atomic mass is 79.9. The molecule has 104 valence electrons. The van der Waals surface area contributed by atoms with E-state index < -0.39 is 0 Å². The Bertz CT molecular complexity index is 645. The number of benzene rings is 1. The Morgan fingerprint density at radius 2 is 2.15 bits per heavy atom. The number of nitrogens with two attached hydrogens (primary N) is 1. The summed E-state index contributed by atoms with van der Waals surface area (Å²) in [6.45, 7) is 4.22. The van der Waals surface area contributed by atoms with Crippen molar-refractivity contribution in [3.8, 4) is 5.75 Å². The minimum absolute atomic E-state index is 0.647. The minimum Gasteiger partial charge on any atom is -0.491 e. The SMILES string of the molecule is Cc1c(N)cnc(N2CCOc3ccccc3C2)c1Br. The predicted octanol–water partition coefficient (Wildman–Crippen LogP) is 3.13. The second kappa shape index (κ2) is 5.32. The summed E-state index contributed by atoms with van der Waals surface area (Å²) in [5, 5.41) is 0. The Balaban J connectivity index is 1.98. The van der Waals surface area contributed by atoms with Crippen LogP contribution in [-0.2, 0) is 6.54 Å². The number of halogens is 1. The zero-order chi connectivity index (χ0) is 14.1. The van der Waals surface area contributed by atoms with Crippen molar-refractivity contribution in [1.29, 1.82) is 0 Å². The Labute approximate surface area is 126 Å². The predicted molar refractivity (Wildman–Crippen MR) is 84.1 cm³/mol. The monoisotopic (exact) mass is 333 g/mol. The zero-order valence-corrected chi connectivity index (χ0v) is 12.9. The Morgan fingerprint density at radius 3 is 3.00 bits per heavy atom. The van der Waals surface area contributed by atoms with Crippen LogP contribution in [0.15, 0.2) is 34.9 Å². The molecule has 0 amide bonds. The molecular weight excluding hydrogens is 318 g/mol. The van der Waals surface area contributed by atoms with Crippen LogP contribution in [0.4, 0.5) is 11.5 Å². The van der Waals surface area contributed by atoms with Crippen molar-refractivity contribution < 1.29 is 4.74 Å². The minimum atomic E-state index is 0.647. The molecule has 5 heteroatoms. The fraction of sp³-hybridized carbons (Fsp3) is 0.267. The van der Waals surface area contributed by atoms with E-state index in [9.17, 15) is 0 Å². The van der Waals surface area contributed by atoms with Gasteiger partial charge in [-0.25, -0.2) is 4.98 Å². The average molecular weight is 334 g/mol. The zero-order valence-electron chi connectivity index (χ0n) is 11.3. The largest absolute Gasteiger partial charge is 0.491 e. The number of hydrogen-bond donors (Lipinski definition) is 1. The Kier molecular flexibility index (Phi) is 3.53. The van der Waals surface area contributed by atoms with E-state index in [-0.39, 0.29) is 0 Å². The molecule has 4 nitrogen and oxygen atoms in total. The van der Waals surface area contributed by atoms with Gasteiger partial charge in [0.05, 0.1) is 22.9 Å². The van der Waals surface area contributed by atoms with Gasteiger partial charge in [0.25, 0.3) is 0 Å². The summed E-state index contributed by atoms with van der Waals surface area (Å²) in [5.41, 5.74) is 8.79. The molecule has 2 N–H and O–H groups in total. The van der Waals surface area contributed by atoms with Gasteiger partial charge in [-0.3, -0.25) is 0 Å². The molecule has 2 aromatic rings. The smallest absolute Gasteiger partial charge is 0.143 e. The van der Waals surface area contributed by atoms with E-state index in [2.05, 4.69) is 31.9 Å². The third-order valence-electron chi connectivity index (χ3n) is 3.54. The van der Waals surface area contributed by atoms with Crippen molar-refractivity contribution in [2.45, 2.75) is 13.5 Å². The molecule has 1 aliphatic rings. The van der Waals surface area contributed by atoms with E-state index in [1.165, 1.54) is 5.56 Å². The van der Waals surface area contributed by atoms with Crippen LogP contribution in [0, 0.1) is 6.92 Å². The van der Waals surface area contributed by atoms with Crippen molar-refractivity contribution in [3.63, 3.8) is 0 Å². The van der Waals surface area contributed by atoms with Gasteiger partial charge in [-0.1, -0.05) is 18.2 Å². The van der Waals surface area contributed by atoms with E-state index in [4.69, 9.17) is 10.5 Å². The summed E-state index contributed by atoms with van der Waals surface area (Å²) in [6.07, 6.45) is 1.72. The molecule has 1 aromatic heterocycles. The molecule has 0 spiro atoms. The first kappa shape index (κ1) is 13.2. The molecule has 0 bridgehead atoms. The molecule has 0 saturated heterocycles. The van der Waals surface area contributed by atoms with Crippen LogP contribution in [0.3, 0.4) is 0 Å². The molecule has 1 aromatic carbocycles. The van der Waals surface area contributed by atoms with Crippen LogP contribution in [0.25, 0.3) is 0 Å². The lowest BCUT2D eigenvalue weighted by molar-refractivity contribution is 0.331. The summed E-state index contributed by atoms with van der Waals surface area (Å²) < 4.78 is 6.74. The first-order valence-electron chi connectivity index (χ1n) is 6.53. The molecule has 20 heavy (non-hydrogen) atoms. The molecular formula is C15H16BrN3O. The maximum atomic E-state index is 5.89. The van der Waals surface area contributed by atoms with Crippen LogP contribution in [0.5, 0.6) is 5.75 Å². The van der Waals surface area contributed by atoms with Crippen LogP contribution in [0.1, 0.15) is 11.1 Å². The Morgan fingerprint density at radius 1 is 1.35 bits per heavy atom. The maximum Gasteiger partial charge on any atom is 0.143 e. The summed E-state index contributed by atoms with van der Waals surface area (Å²) in [6, 6.07) is 8.12. The standard InChI is InChI=1S/C15H16BrN3O/c1-10-12(17)8-18-15(14(10)16)19-6-7-20-13-5-3-2-4-11(13)9-19/h2-5,8H,6-7,9,17H2,1H3. The summed E-state index contributed by atoms with van der Waals surface area (Å²) in [7, 11) is 0. The third kappa shape index (κ3) is 2.33. The van der Waals surface area contributed by atoms with Crippen LogP contribution < -0.4 is 15.4 Å². The van der Waals surface area contributed by atoms with Gasteiger partial charge in [-0.05, 0) is 34.5 Å². The highest BCUT2D eigenvalue weighted by molar-refractivity contribution is 9.10. The second-order valence-electron chi connectivity index (χ2n) is 4.85. The summed E-state index contributed by atoms with van der Waals surface area (Å²) in [4.78, 5) is 6.69. The number of nitrogen functional groups attached to an aromatic ring is 1. The lowest BCUT2D eigenvalue weighted by Gasteiger charge is -2.23. The first-order chi connectivity index (χ1) is 9.66. The third-order valence-corrected chi connectivity index (χ3v) is 4.49. The number of fused-ring (bicyclic) bond motifs is 1. The molecule has 0 unspecified atom stereocenters. The van der Waals surface area contributed by atoms with E-state index in [0.29, 0.717) is 12.3 Å². The molecule has 0 saturated carbocycles. The molecule has 0 atom stereocenters. The highest BCUT2D eigenvalue weighted by Crippen LogP contribution is 2.33. The van der Waals surface area contributed by atoms with Gasteiger partial charge >= 0.3 is 0 Å². The molecule has 0 radical (unpaired) electrons. The van der Waals surface area contributed by atoms with Crippen LogP contribution in [0.2, 0.25) is 0 Å². The first-order valence-corrected chi connectivity index (χ1v) is 7.32. The van der Waals surface area contributed by atoms with Gasteiger partial charge in [-0.15, -0.1) is 0 Å². The summed E-state index contributed by atoms with van der Waals surface area (Å²) in [5.74, 6) is 1.87. The summed E-state index contributed by atoms with van der Waals surface area (Å²) >= 11 is 3.61. The highest BCUT2D eigenvalue weighted by Gasteiger charge is 2.19. The van der Waals surface area contributed by atoms with Gasteiger partial charge in [-0.2, -0.15) is 0 Å². The van der Waals surface area contributed by atoms with Crippen molar-refractivity contribution in [2.75, 3.05) is 23.8 Å². The fourth-order valence-electron chi connectivity index (χ4n) is 2.31. The number of rotatable bonds is 1. The topological polar surface area (TPSA) is 51.4 Å². The number of nitrogens with zero attached hydrogens (tertiary/aromatic N) is 2. The molecule has 0 fully saturated rings. The number of anilines is 2. The number of ether oxygens (including phenoxy) is 1. The molecule has 0 aliphatic carbocycles. The Hall–Kier alpha value is -1.75. The van der Waals surface area contributed by atoms with Gasteiger partial charge in [0.1, 0.15) is 18.2 Å². The second-order valence-corrected chi connectivity index (χ2v) is 5.65. The average Bonchev–Trinajstić information content (AvgIpc) is 2.67. The van der Waals surface area contributed by atoms with E-state index in [1.54, 1.807) is 6.20 Å². The lowest BCUT2D eigenvalue weighted by atomic mass is 10.2. The number of aromatic nitrogens is 1. The van der Waals surface area contributed by atoms with Gasteiger partial charge in [0, 0.05) is 12.1 Å². The van der Waals surface area contributed by atoms with Gasteiger partial charge < -0.3 is 15.4 Å². The van der Waals surface area contributed by atoms with Crippen molar-refractivity contribution in [1.82, 2.24) is 4.98 Å². The van der Waals surface area contributed by atoms with Crippen molar-refractivity contribution >= 4 is 27.4 Å². The van der Waals surface area contributed by atoms with Gasteiger partial charge in [0.15, 0.2) is 0 Å². The number of pyridine rings is 1. The van der Waals surface area contributed by atoms with E-state index >= 15 is 0 Å². The maximum absolute atomic E-state index is 5.89. The van der Waals surface area contributed by atoms with Crippen molar-refractivity contribution in [3.05, 3.63) is 46.1 Å². The fourth-order valence-corrected chi connectivity index (χ4v) is 2.89. The van der Waals surface area contributed by atoms with Crippen LogP contribution in [-0.4, -0.2) is 18.1 Å². The van der Waals surface area contributed by atoms with Gasteiger partial charge in [0.2, 0.25) is 0 Å². The van der Waals surface area contributed by atoms with E-state index in [1.807, 2.05) is 25.1 Å².